The quantitative estimate of drug-likeness (QED) is 0.190. The van der Waals surface area contributed by atoms with E-state index in [9.17, 15) is 13.0 Å². The lowest BCUT2D eigenvalue weighted by molar-refractivity contribution is 0.482. The molecule has 4 heteroatoms. The topological polar surface area (TPSA) is 54.4 Å². The van der Waals surface area contributed by atoms with E-state index in [0.29, 0.717) is 6.42 Å². The fraction of sp³-hybridized carbons (Fsp3) is 0.643. The lowest BCUT2D eigenvalue weighted by Gasteiger charge is -2.13. The maximum absolute atomic E-state index is 12.1. The van der Waals surface area contributed by atoms with Crippen molar-refractivity contribution in [3.63, 3.8) is 0 Å². The zero-order valence-corrected chi connectivity index (χ0v) is 21.2. The summed E-state index contributed by atoms with van der Waals surface area (Å²) in [7, 11) is -4.22. The molecule has 32 heavy (non-hydrogen) atoms. The Morgan fingerprint density at radius 3 is 1.72 bits per heavy atom. The Bertz CT molecular complexity index is 902. The van der Waals surface area contributed by atoms with Crippen LogP contribution >= 0.6 is 0 Å². The summed E-state index contributed by atoms with van der Waals surface area (Å²) in [4.78, 5) is 0.0871. The highest BCUT2D eigenvalue weighted by atomic mass is 32.2. The van der Waals surface area contributed by atoms with Crippen LogP contribution in [0.5, 0.6) is 0 Å². The molecule has 0 amide bonds. The van der Waals surface area contributed by atoms with Crippen molar-refractivity contribution in [2.75, 3.05) is 0 Å². The first-order chi connectivity index (χ1) is 15.5. The number of rotatable bonds is 17. The Morgan fingerprint density at radius 2 is 1.16 bits per heavy atom. The maximum atomic E-state index is 12.1. The van der Waals surface area contributed by atoms with Crippen LogP contribution in [0, 0.1) is 0 Å². The molecule has 0 bridgehead atoms. The number of fused-ring (bicyclic) bond motifs is 1. The predicted octanol–water partition coefficient (Wildman–Crippen LogP) is 8.67. The predicted molar refractivity (Wildman–Crippen MR) is 137 cm³/mol. The van der Waals surface area contributed by atoms with Gasteiger partial charge in [-0.05, 0) is 53.6 Å². The van der Waals surface area contributed by atoms with E-state index >= 15 is 0 Å². The van der Waals surface area contributed by atoms with Crippen molar-refractivity contribution < 1.29 is 13.0 Å². The molecule has 2 aromatic carbocycles. The minimum atomic E-state index is -4.22. The van der Waals surface area contributed by atoms with Gasteiger partial charge in [0, 0.05) is 0 Å². The van der Waals surface area contributed by atoms with Crippen LogP contribution in [0.25, 0.3) is 10.8 Å². The molecule has 0 atom stereocenters. The maximum Gasteiger partial charge on any atom is 0.294 e. The molecule has 0 aliphatic rings. The molecular weight excluding hydrogens is 416 g/mol. The molecule has 180 valence electrons. The van der Waals surface area contributed by atoms with E-state index in [2.05, 4.69) is 32.0 Å². The highest BCUT2D eigenvalue weighted by Gasteiger charge is 2.18. The van der Waals surface area contributed by atoms with Gasteiger partial charge in [0.15, 0.2) is 0 Å². The van der Waals surface area contributed by atoms with Gasteiger partial charge in [0.25, 0.3) is 10.1 Å². The number of hydrogen-bond acceptors (Lipinski definition) is 2. The van der Waals surface area contributed by atoms with Crippen LogP contribution in [-0.4, -0.2) is 13.0 Å². The monoisotopic (exact) mass is 460 g/mol. The summed E-state index contributed by atoms with van der Waals surface area (Å²) >= 11 is 0. The van der Waals surface area contributed by atoms with Crippen LogP contribution < -0.4 is 0 Å². The standard InChI is InChI=1S/C28H44O3S/c1-3-5-7-9-11-13-15-17-24-19-20-25-21-22-28(32(29,30)31)26(27(25)23-24)18-16-14-12-10-8-6-4-2/h19-23H,3-18H2,1-2H3,(H,29,30,31). The molecule has 0 heterocycles. The Kier molecular flexibility index (Phi) is 12.3. The van der Waals surface area contributed by atoms with Gasteiger partial charge in [-0.15, -0.1) is 0 Å². The highest BCUT2D eigenvalue weighted by molar-refractivity contribution is 7.85. The summed E-state index contributed by atoms with van der Waals surface area (Å²) in [6, 6.07) is 9.84. The largest absolute Gasteiger partial charge is 0.294 e. The summed E-state index contributed by atoms with van der Waals surface area (Å²) in [6.07, 6.45) is 19.0. The summed E-state index contributed by atoms with van der Waals surface area (Å²) in [5.74, 6) is 0. The van der Waals surface area contributed by atoms with Gasteiger partial charge in [-0.25, -0.2) is 0 Å². The molecule has 0 unspecified atom stereocenters. The Labute approximate surface area is 196 Å². The van der Waals surface area contributed by atoms with Gasteiger partial charge in [0.1, 0.15) is 0 Å². The lowest BCUT2D eigenvalue weighted by Crippen LogP contribution is -2.04. The van der Waals surface area contributed by atoms with E-state index in [1.54, 1.807) is 6.07 Å². The molecule has 0 saturated heterocycles. The zero-order chi connectivity index (χ0) is 23.2. The lowest BCUT2D eigenvalue weighted by atomic mass is 9.95. The molecule has 0 aliphatic carbocycles. The van der Waals surface area contributed by atoms with Gasteiger partial charge in [-0.2, -0.15) is 8.42 Å². The normalized spacial score (nSPS) is 12.0. The summed E-state index contributed by atoms with van der Waals surface area (Å²) in [5, 5.41) is 2.05. The zero-order valence-electron chi connectivity index (χ0n) is 20.4. The van der Waals surface area contributed by atoms with Crippen LogP contribution in [0.1, 0.15) is 115 Å². The molecule has 0 saturated carbocycles. The van der Waals surface area contributed by atoms with E-state index in [0.717, 1.165) is 35.6 Å². The van der Waals surface area contributed by atoms with Gasteiger partial charge in [0.2, 0.25) is 0 Å². The van der Waals surface area contributed by atoms with E-state index in [1.807, 2.05) is 6.07 Å². The Hall–Kier alpha value is -1.39. The first-order valence-corrected chi connectivity index (χ1v) is 14.4. The molecule has 0 aliphatic heterocycles. The summed E-state index contributed by atoms with van der Waals surface area (Å²) in [5.41, 5.74) is 2.05. The van der Waals surface area contributed by atoms with Gasteiger partial charge in [0.05, 0.1) is 4.90 Å². The van der Waals surface area contributed by atoms with Crippen molar-refractivity contribution in [3.8, 4) is 0 Å². The fourth-order valence-corrected chi connectivity index (χ4v) is 5.37. The minimum Gasteiger partial charge on any atom is -0.282 e. The van der Waals surface area contributed by atoms with Crippen molar-refractivity contribution in [1.29, 1.82) is 0 Å². The van der Waals surface area contributed by atoms with Gasteiger partial charge in [-0.3, -0.25) is 4.55 Å². The number of aryl methyl sites for hydroxylation is 2. The van der Waals surface area contributed by atoms with E-state index in [-0.39, 0.29) is 4.90 Å². The van der Waals surface area contributed by atoms with Crippen LogP contribution in [0.3, 0.4) is 0 Å². The van der Waals surface area contributed by atoms with Gasteiger partial charge >= 0.3 is 0 Å². The first-order valence-electron chi connectivity index (χ1n) is 13.0. The molecule has 3 nitrogen and oxygen atoms in total. The third-order valence-electron chi connectivity index (χ3n) is 6.53. The van der Waals surface area contributed by atoms with Crippen molar-refractivity contribution >= 4 is 20.9 Å². The molecule has 1 N–H and O–H groups in total. The second-order valence-corrected chi connectivity index (χ2v) is 10.7. The third-order valence-corrected chi connectivity index (χ3v) is 7.47. The van der Waals surface area contributed by atoms with Crippen LogP contribution in [0.15, 0.2) is 35.2 Å². The van der Waals surface area contributed by atoms with Crippen molar-refractivity contribution in [2.45, 2.75) is 121 Å². The number of benzene rings is 2. The molecule has 0 fully saturated rings. The van der Waals surface area contributed by atoms with Gasteiger partial charge < -0.3 is 0 Å². The average Bonchev–Trinajstić information content (AvgIpc) is 2.77. The highest BCUT2D eigenvalue weighted by Crippen LogP contribution is 2.29. The van der Waals surface area contributed by atoms with Crippen molar-refractivity contribution in [2.24, 2.45) is 0 Å². The van der Waals surface area contributed by atoms with Crippen molar-refractivity contribution in [3.05, 3.63) is 41.5 Å². The van der Waals surface area contributed by atoms with E-state index < -0.39 is 10.1 Å². The second kappa shape index (κ2) is 14.7. The number of unbranched alkanes of at least 4 members (excludes halogenated alkanes) is 12. The smallest absolute Gasteiger partial charge is 0.282 e. The summed E-state index contributed by atoms with van der Waals surface area (Å²) < 4.78 is 34.0. The average molecular weight is 461 g/mol. The minimum absolute atomic E-state index is 0.0871. The van der Waals surface area contributed by atoms with Crippen LogP contribution in [0.2, 0.25) is 0 Å². The molecule has 0 aromatic heterocycles. The fourth-order valence-electron chi connectivity index (χ4n) is 4.61. The molecule has 0 radical (unpaired) electrons. The van der Waals surface area contributed by atoms with E-state index in [1.165, 1.54) is 82.6 Å². The second-order valence-electron chi connectivity index (χ2n) is 9.32. The van der Waals surface area contributed by atoms with Crippen molar-refractivity contribution in [1.82, 2.24) is 0 Å². The van der Waals surface area contributed by atoms with Crippen LogP contribution in [0.4, 0.5) is 0 Å². The molecule has 2 aromatic rings. The Balaban J connectivity index is 2.06. The molecule has 0 spiro atoms. The first kappa shape index (κ1) is 26.9. The van der Waals surface area contributed by atoms with E-state index in [4.69, 9.17) is 0 Å². The SMILES string of the molecule is CCCCCCCCCc1ccc2ccc(S(=O)(=O)O)c(CCCCCCCCC)c2c1. The number of hydrogen-bond donors (Lipinski definition) is 1. The Morgan fingerprint density at radius 1 is 0.656 bits per heavy atom. The molecule has 2 rings (SSSR count). The third kappa shape index (κ3) is 9.23. The summed E-state index contributed by atoms with van der Waals surface area (Å²) in [6.45, 7) is 4.47. The van der Waals surface area contributed by atoms with Crippen LogP contribution in [-0.2, 0) is 23.0 Å². The van der Waals surface area contributed by atoms with Gasteiger partial charge in [-0.1, -0.05) is 115 Å². The molecular formula is C28H44O3S.